The van der Waals surface area contributed by atoms with Gasteiger partial charge in [0.05, 0.1) is 27.4 Å². The largest absolute Gasteiger partial charge is 0.496 e. The molecule has 4 nitrogen and oxygen atoms in total. The zero-order valence-electron chi connectivity index (χ0n) is 18.2. The van der Waals surface area contributed by atoms with Gasteiger partial charge in [-0.05, 0) is 43.5 Å². The van der Waals surface area contributed by atoms with Crippen LogP contribution in [-0.4, -0.2) is 38.6 Å². The SMILES string of the molecule is CCC1(CBr)COC(C)(C)OC1.COc1ccccc1Cc1ccccc1OC. The van der Waals surface area contributed by atoms with Gasteiger partial charge in [0.1, 0.15) is 11.5 Å². The lowest BCUT2D eigenvalue weighted by molar-refractivity contribution is -0.281. The number of ether oxygens (including phenoxy) is 4. The highest BCUT2D eigenvalue weighted by Crippen LogP contribution is 2.33. The van der Waals surface area contributed by atoms with Gasteiger partial charge < -0.3 is 18.9 Å². The molecule has 1 aliphatic rings. The summed E-state index contributed by atoms with van der Waals surface area (Å²) in [7, 11) is 3.39. The summed E-state index contributed by atoms with van der Waals surface area (Å²) in [6.07, 6.45) is 1.91. The van der Waals surface area contributed by atoms with Crippen molar-refractivity contribution in [2.45, 2.75) is 39.4 Å². The predicted molar refractivity (Wildman–Crippen MR) is 121 cm³/mol. The smallest absolute Gasteiger partial charge is 0.162 e. The molecule has 5 heteroatoms. The fourth-order valence-electron chi connectivity index (χ4n) is 3.02. The van der Waals surface area contributed by atoms with Gasteiger partial charge in [-0.25, -0.2) is 0 Å². The van der Waals surface area contributed by atoms with Crippen molar-refractivity contribution >= 4 is 15.9 Å². The monoisotopic (exact) mass is 464 g/mol. The Kier molecular flexibility index (Phi) is 9.00. The van der Waals surface area contributed by atoms with Gasteiger partial charge in [0.2, 0.25) is 0 Å². The molecule has 2 aromatic carbocycles. The van der Waals surface area contributed by atoms with E-state index in [4.69, 9.17) is 18.9 Å². The average Bonchev–Trinajstić information content (AvgIpc) is 2.75. The minimum atomic E-state index is -0.388. The Balaban J connectivity index is 0.000000221. The molecule has 0 aliphatic carbocycles. The maximum Gasteiger partial charge on any atom is 0.162 e. The van der Waals surface area contributed by atoms with Crippen molar-refractivity contribution in [1.29, 1.82) is 0 Å². The predicted octanol–water partition coefficient (Wildman–Crippen LogP) is 5.86. The molecule has 2 aromatic rings. The highest BCUT2D eigenvalue weighted by molar-refractivity contribution is 9.09. The first-order chi connectivity index (χ1) is 13.9. The second-order valence-electron chi connectivity index (χ2n) is 7.76. The van der Waals surface area contributed by atoms with Crippen molar-refractivity contribution in [3.8, 4) is 11.5 Å². The third-order valence-electron chi connectivity index (χ3n) is 5.25. The van der Waals surface area contributed by atoms with Gasteiger partial charge in [-0.3, -0.25) is 0 Å². The summed E-state index contributed by atoms with van der Waals surface area (Å²) in [6, 6.07) is 16.1. The Labute approximate surface area is 183 Å². The molecular weight excluding hydrogens is 432 g/mol. The van der Waals surface area contributed by atoms with E-state index >= 15 is 0 Å². The van der Waals surface area contributed by atoms with Gasteiger partial charge >= 0.3 is 0 Å². The van der Waals surface area contributed by atoms with Crippen LogP contribution in [0.25, 0.3) is 0 Å². The van der Waals surface area contributed by atoms with Crippen molar-refractivity contribution < 1.29 is 18.9 Å². The van der Waals surface area contributed by atoms with Crippen LogP contribution >= 0.6 is 15.9 Å². The first kappa shape index (κ1) is 23.7. The van der Waals surface area contributed by atoms with Crippen molar-refractivity contribution in [3.05, 3.63) is 59.7 Å². The number of alkyl halides is 1. The third-order valence-corrected chi connectivity index (χ3v) is 6.44. The number of methoxy groups -OCH3 is 2. The van der Waals surface area contributed by atoms with Crippen LogP contribution in [0.5, 0.6) is 11.5 Å². The fraction of sp³-hybridized carbons (Fsp3) is 0.500. The Bertz CT molecular complexity index is 699. The van der Waals surface area contributed by atoms with Crippen LogP contribution in [0.2, 0.25) is 0 Å². The van der Waals surface area contributed by atoms with E-state index in [0.717, 1.165) is 42.9 Å². The summed E-state index contributed by atoms with van der Waals surface area (Å²) >= 11 is 3.51. The normalized spacial score (nSPS) is 17.0. The number of hydrogen-bond acceptors (Lipinski definition) is 4. The van der Waals surface area contributed by atoms with E-state index in [9.17, 15) is 0 Å². The van der Waals surface area contributed by atoms with E-state index in [0.29, 0.717) is 0 Å². The molecule has 0 aromatic heterocycles. The molecule has 0 radical (unpaired) electrons. The Morgan fingerprint density at radius 1 is 0.862 bits per heavy atom. The molecule has 1 fully saturated rings. The summed E-state index contributed by atoms with van der Waals surface area (Å²) in [6.45, 7) is 7.68. The summed E-state index contributed by atoms with van der Waals surface area (Å²) in [5, 5.41) is 0.951. The molecule has 1 saturated heterocycles. The zero-order valence-corrected chi connectivity index (χ0v) is 19.8. The van der Waals surface area contributed by atoms with Crippen LogP contribution in [-0.2, 0) is 15.9 Å². The third kappa shape index (κ3) is 6.73. The molecule has 0 bridgehead atoms. The molecule has 0 N–H and O–H groups in total. The van der Waals surface area contributed by atoms with Crippen LogP contribution in [0.4, 0.5) is 0 Å². The van der Waals surface area contributed by atoms with Crippen molar-refractivity contribution in [2.24, 2.45) is 5.41 Å². The molecule has 0 atom stereocenters. The molecule has 0 spiro atoms. The summed E-state index contributed by atoms with van der Waals surface area (Å²) in [5.74, 6) is 1.44. The number of benzene rings is 2. The zero-order chi connectivity index (χ0) is 21.3. The first-order valence-electron chi connectivity index (χ1n) is 9.96. The number of rotatable bonds is 6. The van der Waals surface area contributed by atoms with Crippen LogP contribution in [0.3, 0.4) is 0 Å². The van der Waals surface area contributed by atoms with E-state index < -0.39 is 0 Å². The number of para-hydroxylation sites is 2. The molecule has 1 aliphatic heterocycles. The van der Waals surface area contributed by atoms with Crippen LogP contribution < -0.4 is 9.47 Å². The van der Waals surface area contributed by atoms with Gasteiger partial charge in [0, 0.05) is 17.2 Å². The van der Waals surface area contributed by atoms with Gasteiger partial charge in [-0.1, -0.05) is 59.3 Å². The Morgan fingerprint density at radius 2 is 1.31 bits per heavy atom. The van der Waals surface area contributed by atoms with Gasteiger partial charge in [-0.2, -0.15) is 0 Å². The molecule has 0 unspecified atom stereocenters. The van der Waals surface area contributed by atoms with Crippen LogP contribution in [0.15, 0.2) is 48.5 Å². The lowest BCUT2D eigenvalue weighted by Gasteiger charge is -2.42. The molecular formula is C24H33BrO4. The van der Waals surface area contributed by atoms with Crippen LogP contribution in [0, 0.1) is 5.41 Å². The van der Waals surface area contributed by atoms with Gasteiger partial charge in [0.25, 0.3) is 0 Å². The van der Waals surface area contributed by atoms with Gasteiger partial charge in [0.15, 0.2) is 5.79 Å². The maximum atomic E-state index is 5.61. The molecule has 1 heterocycles. The average molecular weight is 465 g/mol. The summed E-state index contributed by atoms with van der Waals surface area (Å²) < 4.78 is 21.9. The van der Waals surface area contributed by atoms with Crippen molar-refractivity contribution in [3.63, 3.8) is 0 Å². The summed E-state index contributed by atoms with van der Waals surface area (Å²) in [4.78, 5) is 0. The highest BCUT2D eigenvalue weighted by atomic mass is 79.9. The molecule has 3 rings (SSSR count). The minimum Gasteiger partial charge on any atom is -0.496 e. The molecule has 0 saturated carbocycles. The number of hydrogen-bond donors (Lipinski definition) is 0. The van der Waals surface area contributed by atoms with E-state index in [-0.39, 0.29) is 11.2 Å². The first-order valence-corrected chi connectivity index (χ1v) is 11.1. The van der Waals surface area contributed by atoms with E-state index in [1.807, 2.05) is 50.2 Å². The van der Waals surface area contributed by atoms with Crippen molar-refractivity contribution in [1.82, 2.24) is 0 Å². The standard InChI is InChI=1S/C15H16O2.C9H17BrO2/c1-16-14-9-5-3-7-12(14)11-13-8-4-6-10-15(13)17-2;1-4-9(5-10)6-11-8(2,3)12-7-9/h3-10H,11H2,1-2H3;4-7H2,1-3H3. The van der Waals surface area contributed by atoms with Crippen LogP contribution in [0.1, 0.15) is 38.3 Å². The lowest BCUT2D eigenvalue weighted by Crippen LogP contribution is -2.47. The topological polar surface area (TPSA) is 36.9 Å². The fourth-order valence-corrected chi connectivity index (χ4v) is 3.74. The second kappa shape index (κ2) is 11.0. The van der Waals surface area contributed by atoms with E-state index in [2.05, 4.69) is 35.0 Å². The lowest BCUT2D eigenvalue weighted by atomic mass is 9.88. The van der Waals surface area contributed by atoms with Crippen molar-refractivity contribution in [2.75, 3.05) is 32.8 Å². The Hall–Kier alpha value is -1.56. The van der Waals surface area contributed by atoms with E-state index in [1.54, 1.807) is 14.2 Å². The quantitative estimate of drug-likeness (QED) is 0.501. The molecule has 29 heavy (non-hydrogen) atoms. The molecule has 160 valence electrons. The highest BCUT2D eigenvalue weighted by Gasteiger charge is 2.37. The summed E-state index contributed by atoms with van der Waals surface area (Å²) in [5.41, 5.74) is 2.52. The molecule has 0 amide bonds. The van der Waals surface area contributed by atoms with E-state index in [1.165, 1.54) is 11.1 Å². The minimum absolute atomic E-state index is 0.190. The number of halogens is 1. The maximum absolute atomic E-state index is 5.61. The van der Waals surface area contributed by atoms with Gasteiger partial charge in [-0.15, -0.1) is 0 Å². The Morgan fingerprint density at radius 3 is 1.69 bits per heavy atom. The second-order valence-corrected chi connectivity index (χ2v) is 8.33.